The summed E-state index contributed by atoms with van der Waals surface area (Å²) in [5, 5.41) is 17.4. The maximum Gasteiger partial charge on any atom is 0.336 e. The molecule has 0 spiro atoms. The Hall–Kier alpha value is -0.360. The van der Waals surface area contributed by atoms with Gasteiger partial charge in [-0.2, -0.15) is 5.26 Å². The summed E-state index contributed by atoms with van der Waals surface area (Å²) < 4.78 is 1.31. The Bertz CT molecular complexity index is 409. The van der Waals surface area contributed by atoms with Gasteiger partial charge in [-0.05, 0) is 57.3 Å². The third-order valence-electron chi connectivity index (χ3n) is 1.43. The fourth-order valence-corrected chi connectivity index (χ4v) is 2.09. The van der Waals surface area contributed by atoms with Crippen LogP contribution in [0.15, 0.2) is 12.1 Å². The van der Waals surface area contributed by atoms with Crippen molar-refractivity contribution >= 4 is 51.2 Å². The normalized spacial score (nSPS) is 9.31. The van der Waals surface area contributed by atoms with E-state index in [1.165, 1.54) is 12.1 Å². The minimum Gasteiger partial charge on any atom is -0.478 e. The molecule has 0 aromatic heterocycles. The first kappa shape index (κ1) is 10.7. The maximum atomic E-state index is 10.7. The number of hydrogen-bond donors (Lipinski definition) is 1. The fourth-order valence-electron chi connectivity index (χ4n) is 0.801. The van der Waals surface area contributed by atoms with Crippen molar-refractivity contribution in [1.82, 2.24) is 0 Å². The first-order chi connectivity index (χ1) is 6.07. The molecule has 1 aromatic rings. The van der Waals surface area contributed by atoms with Crippen molar-refractivity contribution in [2.24, 2.45) is 0 Å². The predicted octanol–water partition coefficient (Wildman–Crippen LogP) is 2.47. The number of nitriles is 1. The average molecular weight is 399 g/mol. The van der Waals surface area contributed by atoms with Crippen LogP contribution in [0.2, 0.25) is 0 Å². The number of carboxylic acids is 1. The summed E-state index contributed by atoms with van der Waals surface area (Å²) in [6.45, 7) is 0. The molecule has 0 aliphatic heterocycles. The maximum absolute atomic E-state index is 10.7. The Morgan fingerprint density at radius 2 is 2.00 bits per heavy atom. The third-order valence-corrected chi connectivity index (χ3v) is 4.71. The number of rotatable bonds is 1. The third kappa shape index (κ3) is 2.11. The van der Waals surface area contributed by atoms with E-state index in [-0.39, 0.29) is 5.56 Å². The molecule has 1 rings (SSSR count). The Kier molecular flexibility index (Phi) is 3.49. The summed E-state index contributed by atoms with van der Waals surface area (Å²) >= 11 is 3.90. The minimum absolute atomic E-state index is 0.240. The Morgan fingerprint density at radius 1 is 1.38 bits per heavy atom. The minimum atomic E-state index is -0.966. The van der Waals surface area contributed by atoms with Gasteiger partial charge in [0.05, 0.1) is 11.1 Å². The van der Waals surface area contributed by atoms with E-state index in [0.717, 1.165) is 0 Å². The standard InChI is InChI=1S/C8H3I2NO2/c9-6-4(3-11)1-2-5(7(6)10)8(12)13/h1-2H,(H,12,13). The molecule has 13 heavy (non-hydrogen) atoms. The second-order valence-electron chi connectivity index (χ2n) is 2.21. The Balaban J connectivity index is 3.42. The monoisotopic (exact) mass is 399 g/mol. The van der Waals surface area contributed by atoms with Crippen LogP contribution in [-0.4, -0.2) is 11.1 Å². The van der Waals surface area contributed by atoms with E-state index >= 15 is 0 Å². The highest BCUT2D eigenvalue weighted by Gasteiger charge is 2.13. The van der Waals surface area contributed by atoms with Crippen molar-refractivity contribution in [3.05, 3.63) is 30.4 Å². The molecule has 0 amide bonds. The summed E-state index contributed by atoms with van der Waals surface area (Å²) in [4.78, 5) is 10.7. The number of hydrogen-bond acceptors (Lipinski definition) is 2. The Morgan fingerprint density at radius 3 is 2.46 bits per heavy atom. The SMILES string of the molecule is N#Cc1ccc(C(=O)O)c(I)c1I. The van der Waals surface area contributed by atoms with Crippen molar-refractivity contribution in [2.45, 2.75) is 0 Å². The van der Waals surface area contributed by atoms with E-state index in [2.05, 4.69) is 0 Å². The van der Waals surface area contributed by atoms with Crippen molar-refractivity contribution in [3.63, 3.8) is 0 Å². The molecule has 0 aliphatic rings. The first-order valence-corrected chi connectivity index (χ1v) is 5.35. The molecule has 0 saturated carbocycles. The molecule has 66 valence electrons. The lowest BCUT2D eigenvalue weighted by Gasteiger charge is -2.02. The van der Waals surface area contributed by atoms with E-state index in [1.54, 1.807) is 0 Å². The number of halogens is 2. The van der Waals surface area contributed by atoms with Gasteiger partial charge >= 0.3 is 5.97 Å². The molecule has 0 saturated heterocycles. The van der Waals surface area contributed by atoms with Crippen LogP contribution < -0.4 is 0 Å². The quantitative estimate of drug-likeness (QED) is 0.739. The number of carbonyl (C=O) groups is 1. The molecule has 3 nitrogen and oxygen atoms in total. The number of carboxylic acid groups (broad SMARTS) is 1. The number of nitrogens with zero attached hydrogens (tertiary/aromatic N) is 1. The summed E-state index contributed by atoms with van der Waals surface area (Å²) in [6.07, 6.45) is 0. The highest BCUT2D eigenvalue weighted by atomic mass is 127. The molecule has 1 aromatic carbocycles. The van der Waals surface area contributed by atoms with Gasteiger partial charge in [0.25, 0.3) is 0 Å². The van der Waals surface area contributed by atoms with Crippen molar-refractivity contribution < 1.29 is 9.90 Å². The van der Waals surface area contributed by atoms with Gasteiger partial charge in [0.1, 0.15) is 6.07 Å². The van der Waals surface area contributed by atoms with Gasteiger partial charge in [-0.15, -0.1) is 0 Å². The highest BCUT2D eigenvalue weighted by Crippen LogP contribution is 2.22. The van der Waals surface area contributed by atoms with Gasteiger partial charge in [-0.3, -0.25) is 0 Å². The van der Waals surface area contributed by atoms with Crippen LogP contribution >= 0.6 is 45.2 Å². The molecule has 0 bridgehead atoms. The highest BCUT2D eigenvalue weighted by molar-refractivity contribution is 14.1. The molecule has 0 radical (unpaired) electrons. The molecular weight excluding hydrogens is 396 g/mol. The lowest BCUT2D eigenvalue weighted by molar-refractivity contribution is 0.0695. The summed E-state index contributed by atoms with van der Waals surface area (Å²) in [5.74, 6) is -0.966. The van der Waals surface area contributed by atoms with Gasteiger partial charge in [0.15, 0.2) is 0 Å². The molecule has 0 heterocycles. The first-order valence-electron chi connectivity index (χ1n) is 3.19. The van der Waals surface area contributed by atoms with Crippen molar-refractivity contribution in [3.8, 4) is 6.07 Å². The molecule has 0 aliphatic carbocycles. The van der Waals surface area contributed by atoms with E-state index in [0.29, 0.717) is 12.7 Å². The molecule has 0 unspecified atom stereocenters. The second kappa shape index (κ2) is 4.23. The van der Waals surface area contributed by atoms with E-state index < -0.39 is 5.97 Å². The number of aromatic carboxylic acids is 1. The van der Waals surface area contributed by atoms with Crippen LogP contribution in [0.4, 0.5) is 0 Å². The van der Waals surface area contributed by atoms with Gasteiger partial charge < -0.3 is 5.11 Å². The van der Waals surface area contributed by atoms with Crippen LogP contribution in [0.25, 0.3) is 0 Å². The smallest absolute Gasteiger partial charge is 0.336 e. The van der Waals surface area contributed by atoms with Gasteiger partial charge in [0.2, 0.25) is 0 Å². The zero-order chi connectivity index (χ0) is 10.0. The average Bonchev–Trinajstić information content (AvgIpc) is 2.09. The van der Waals surface area contributed by atoms with Crippen LogP contribution in [0, 0.1) is 18.5 Å². The van der Waals surface area contributed by atoms with E-state index in [9.17, 15) is 4.79 Å². The zero-order valence-corrected chi connectivity index (χ0v) is 10.5. The molecule has 0 fully saturated rings. The predicted molar refractivity (Wildman–Crippen MR) is 63.6 cm³/mol. The fraction of sp³-hybridized carbons (Fsp3) is 0. The molecule has 0 atom stereocenters. The summed E-state index contributed by atoms with van der Waals surface area (Å²) in [7, 11) is 0. The van der Waals surface area contributed by atoms with Gasteiger partial charge in [-0.1, -0.05) is 0 Å². The van der Waals surface area contributed by atoms with E-state index in [4.69, 9.17) is 10.4 Å². The lowest BCUT2D eigenvalue weighted by Crippen LogP contribution is -2.02. The van der Waals surface area contributed by atoms with Crippen molar-refractivity contribution in [2.75, 3.05) is 0 Å². The van der Waals surface area contributed by atoms with Gasteiger partial charge in [0, 0.05) is 7.14 Å². The second-order valence-corrected chi connectivity index (χ2v) is 4.36. The summed E-state index contributed by atoms with van der Waals surface area (Å²) in [6, 6.07) is 4.97. The zero-order valence-electron chi connectivity index (χ0n) is 6.21. The van der Waals surface area contributed by atoms with Crippen LogP contribution in [0.5, 0.6) is 0 Å². The molecule has 5 heteroatoms. The van der Waals surface area contributed by atoms with Crippen LogP contribution in [-0.2, 0) is 0 Å². The Labute approximate surface area is 102 Å². The number of benzene rings is 1. The van der Waals surface area contributed by atoms with Crippen molar-refractivity contribution in [1.29, 1.82) is 5.26 Å². The molecule has 1 N–H and O–H groups in total. The topological polar surface area (TPSA) is 61.1 Å². The molecular formula is C8H3I2NO2. The largest absolute Gasteiger partial charge is 0.478 e. The summed E-state index contributed by atoms with van der Waals surface area (Å²) in [5.41, 5.74) is 0.749. The lowest BCUT2D eigenvalue weighted by atomic mass is 10.1. The van der Waals surface area contributed by atoms with Gasteiger partial charge in [-0.25, -0.2) is 4.79 Å². The van der Waals surface area contributed by atoms with Crippen LogP contribution in [0.1, 0.15) is 15.9 Å². The van der Waals surface area contributed by atoms with E-state index in [1.807, 2.05) is 51.3 Å². The van der Waals surface area contributed by atoms with Crippen LogP contribution in [0.3, 0.4) is 0 Å².